The molecule has 21 heavy (non-hydrogen) atoms. The van der Waals surface area contributed by atoms with Crippen LogP contribution in [-0.4, -0.2) is 47.4 Å². The van der Waals surface area contributed by atoms with E-state index in [4.69, 9.17) is 0 Å². The van der Waals surface area contributed by atoms with Crippen molar-refractivity contribution in [2.24, 2.45) is 11.8 Å². The van der Waals surface area contributed by atoms with Gasteiger partial charge in [-0.3, -0.25) is 9.69 Å². The van der Waals surface area contributed by atoms with Crippen LogP contribution in [0.3, 0.4) is 0 Å². The van der Waals surface area contributed by atoms with E-state index in [0.29, 0.717) is 11.8 Å². The smallest absolute Gasteiger partial charge is 0.227 e. The predicted molar refractivity (Wildman–Crippen MR) is 82.8 cm³/mol. The maximum absolute atomic E-state index is 12.3. The van der Waals surface area contributed by atoms with E-state index in [-0.39, 0.29) is 5.92 Å². The minimum absolute atomic E-state index is 0.217. The number of hydrogen-bond acceptors (Lipinski definition) is 2. The van der Waals surface area contributed by atoms with E-state index >= 15 is 0 Å². The van der Waals surface area contributed by atoms with Gasteiger partial charge in [0.25, 0.3) is 0 Å². The van der Waals surface area contributed by atoms with Crippen molar-refractivity contribution in [3.05, 3.63) is 36.0 Å². The Hall–Kier alpha value is -1.81. The van der Waals surface area contributed by atoms with Gasteiger partial charge in [0.15, 0.2) is 0 Å². The number of likely N-dealkylation sites (tertiary alicyclic amines) is 2. The molecule has 1 aromatic heterocycles. The van der Waals surface area contributed by atoms with Gasteiger partial charge in [0.2, 0.25) is 5.91 Å². The molecule has 0 radical (unpaired) electrons. The van der Waals surface area contributed by atoms with E-state index in [0.717, 1.165) is 32.6 Å². The standard InChI is InChI=1S/C17H21N3O/c1-19-8-6-13-10-20(11-15(13)17(19)21)9-12-3-2-4-16-14(12)5-7-18-16/h2-5,7,13,15,18H,6,8-11H2,1H3/t13-,15+/m1/s1. The third kappa shape index (κ3) is 2.14. The monoisotopic (exact) mass is 283 g/mol. The van der Waals surface area contributed by atoms with Gasteiger partial charge in [-0.15, -0.1) is 0 Å². The fraction of sp³-hybridized carbons (Fsp3) is 0.471. The van der Waals surface area contributed by atoms with Gasteiger partial charge in [0.1, 0.15) is 0 Å². The SMILES string of the molecule is CN1CC[C@@H]2CN(Cc3cccc4[nH]ccc34)C[C@@H]2C1=O. The molecule has 4 rings (SSSR count). The average molecular weight is 283 g/mol. The first-order chi connectivity index (χ1) is 10.2. The Balaban J connectivity index is 1.54. The Morgan fingerprint density at radius 1 is 1.29 bits per heavy atom. The van der Waals surface area contributed by atoms with Crippen LogP contribution in [0.15, 0.2) is 30.5 Å². The second-order valence-corrected chi connectivity index (χ2v) is 6.47. The van der Waals surface area contributed by atoms with Crippen molar-refractivity contribution in [1.82, 2.24) is 14.8 Å². The number of rotatable bonds is 2. The number of piperidine rings is 1. The maximum Gasteiger partial charge on any atom is 0.227 e. The molecule has 4 heteroatoms. The van der Waals surface area contributed by atoms with Crippen LogP contribution in [-0.2, 0) is 11.3 Å². The van der Waals surface area contributed by atoms with Gasteiger partial charge in [-0.1, -0.05) is 12.1 Å². The quantitative estimate of drug-likeness (QED) is 0.916. The number of nitrogens with zero attached hydrogens (tertiary/aromatic N) is 2. The molecule has 0 aliphatic carbocycles. The molecule has 1 amide bonds. The van der Waals surface area contributed by atoms with Crippen LogP contribution < -0.4 is 0 Å². The van der Waals surface area contributed by atoms with Crippen molar-refractivity contribution in [3.63, 3.8) is 0 Å². The van der Waals surface area contributed by atoms with Crippen LogP contribution in [0.5, 0.6) is 0 Å². The molecule has 4 nitrogen and oxygen atoms in total. The zero-order valence-electron chi connectivity index (χ0n) is 12.4. The van der Waals surface area contributed by atoms with Crippen molar-refractivity contribution < 1.29 is 4.79 Å². The molecular formula is C17H21N3O. The largest absolute Gasteiger partial charge is 0.361 e. The molecule has 2 saturated heterocycles. The Bertz CT molecular complexity index is 677. The lowest BCUT2D eigenvalue weighted by atomic mass is 9.88. The lowest BCUT2D eigenvalue weighted by Crippen LogP contribution is -2.42. The first-order valence-corrected chi connectivity index (χ1v) is 7.74. The lowest BCUT2D eigenvalue weighted by Gasteiger charge is -2.30. The summed E-state index contributed by atoms with van der Waals surface area (Å²) in [5.41, 5.74) is 2.55. The van der Waals surface area contributed by atoms with E-state index in [1.165, 1.54) is 16.5 Å². The molecule has 2 aliphatic heterocycles. The van der Waals surface area contributed by atoms with E-state index in [1.54, 1.807) is 0 Å². The number of amides is 1. The molecule has 0 unspecified atom stereocenters. The van der Waals surface area contributed by atoms with Gasteiger partial charge in [-0.25, -0.2) is 0 Å². The lowest BCUT2D eigenvalue weighted by molar-refractivity contribution is -0.137. The Morgan fingerprint density at radius 2 is 2.19 bits per heavy atom. The van der Waals surface area contributed by atoms with Crippen molar-refractivity contribution >= 4 is 16.8 Å². The number of hydrogen-bond donors (Lipinski definition) is 1. The molecular weight excluding hydrogens is 262 g/mol. The number of fused-ring (bicyclic) bond motifs is 2. The second kappa shape index (κ2) is 4.88. The summed E-state index contributed by atoms with van der Waals surface area (Å²) in [6.45, 7) is 3.83. The van der Waals surface area contributed by atoms with Crippen molar-refractivity contribution in [2.75, 3.05) is 26.7 Å². The predicted octanol–water partition coefficient (Wildman–Crippen LogP) is 2.08. The van der Waals surface area contributed by atoms with Crippen LogP contribution in [0.1, 0.15) is 12.0 Å². The molecule has 110 valence electrons. The first-order valence-electron chi connectivity index (χ1n) is 7.74. The van der Waals surface area contributed by atoms with E-state index in [2.05, 4.69) is 34.1 Å². The van der Waals surface area contributed by atoms with Crippen LogP contribution >= 0.6 is 0 Å². The fourth-order valence-electron chi connectivity index (χ4n) is 3.94. The van der Waals surface area contributed by atoms with Crippen LogP contribution in [0.4, 0.5) is 0 Å². The molecule has 3 heterocycles. The number of nitrogens with one attached hydrogen (secondary N) is 1. The summed E-state index contributed by atoms with van der Waals surface area (Å²) in [5.74, 6) is 1.11. The Morgan fingerprint density at radius 3 is 3.10 bits per heavy atom. The third-order valence-electron chi connectivity index (χ3n) is 5.12. The summed E-state index contributed by atoms with van der Waals surface area (Å²) in [5, 5.41) is 1.30. The summed E-state index contributed by atoms with van der Waals surface area (Å²) in [6.07, 6.45) is 3.15. The van der Waals surface area contributed by atoms with Crippen molar-refractivity contribution in [1.29, 1.82) is 0 Å². The minimum atomic E-state index is 0.217. The number of H-pyrrole nitrogens is 1. The van der Waals surface area contributed by atoms with Gasteiger partial charge in [0.05, 0.1) is 5.92 Å². The topological polar surface area (TPSA) is 39.3 Å². The zero-order chi connectivity index (χ0) is 14.4. The van der Waals surface area contributed by atoms with Gasteiger partial charge in [0, 0.05) is 50.3 Å². The third-order valence-corrected chi connectivity index (χ3v) is 5.12. The molecule has 0 spiro atoms. The molecule has 0 bridgehead atoms. The molecule has 2 aromatic rings. The van der Waals surface area contributed by atoms with Crippen LogP contribution in [0.25, 0.3) is 10.9 Å². The number of carbonyl (C=O) groups excluding carboxylic acids is 1. The molecule has 1 N–H and O–H groups in total. The average Bonchev–Trinajstić information content (AvgIpc) is 3.10. The second-order valence-electron chi connectivity index (χ2n) is 6.47. The Kier molecular flexibility index (Phi) is 3.00. The van der Waals surface area contributed by atoms with E-state index in [9.17, 15) is 4.79 Å². The number of aromatic nitrogens is 1. The summed E-state index contributed by atoms with van der Waals surface area (Å²) < 4.78 is 0. The maximum atomic E-state index is 12.3. The molecule has 1 aromatic carbocycles. The number of aromatic amines is 1. The highest BCUT2D eigenvalue weighted by atomic mass is 16.2. The highest BCUT2D eigenvalue weighted by molar-refractivity contribution is 5.83. The van der Waals surface area contributed by atoms with E-state index in [1.807, 2.05) is 18.1 Å². The zero-order valence-corrected chi connectivity index (χ0v) is 12.4. The van der Waals surface area contributed by atoms with Crippen LogP contribution in [0, 0.1) is 11.8 Å². The summed E-state index contributed by atoms with van der Waals surface area (Å²) in [7, 11) is 1.93. The van der Waals surface area contributed by atoms with E-state index < -0.39 is 0 Å². The number of carbonyl (C=O) groups is 1. The van der Waals surface area contributed by atoms with Crippen molar-refractivity contribution in [2.45, 2.75) is 13.0 Å². The normalized spacial score (nSPS) is 26.5. The highest BCUT2D eigenvalue weighted by Gasteiger charge is 2.41. The van der Waals surface area contributed by atoms with Gasteiger partial charge in [-0.05, 0) is 30.0 Å². The molecule has 2 atom stereocenters. The Labute approximate surface area is 124 Å². The summed E-state index contributed by atoms with van der Waals surface area (Å²) in [6, 6.07) is 8.57. The van der Waals surface area contributed by atoms with Crippen molar-refractivity contribution in [3.8, 4) is 0 Å². The molecule has 2 fully saturated rings. The van der Waals surface area contributed by atoms with Gasteiger partial charge >= 0.3 is 0 Å². The summed E-state index contributed by atoms with van der Waals surface area (Å²) >= 11 is 0. The minimum Gasteiger partial charge on any atom is -0.361 e. The first kappa shape index (κ1) is 12.9. The fourth-order valence-corrected chi connectivity index (χ4v) is 3.94. The van der Waals surface area contributed by atoms with Gasteiger partial charge < -0.3 is 9.88 Å². The van der Waals surface area contributed by atoms with Gasteiger partial charge in [-0.2, -0.15) is 0 Å². The summed E-state index contributed by atoms with van der Waals surface area (Å²) in [4.78, 5) is 19.9. The van der Waals surface area contributed by atoms with Crippen LogP contribution in [0.2, 0.25) is 0 Å². The molecule has 0 saturated carbocycles. The number of benzene rings is 1. The highest BCUT2D eigenvalue weighted by Crippen LogP contribution is 2.33. The molecule has 2 aliphatic rings.